The summed E-state index contributed by atoms with van der Waals surface area (Å²) in [5, 5.41) is 9.49. The number of nitrogens with one attached hydrogen (secondary N) is 2. The second-order valence-corrected chi connectivity index (χ2v) is 8.87. The van der Waals surface area contributed by atoms with Crippen LogP contribution in [0.2, 0.25) is 0 Å². The molecule has 3 heterocycles. The van der Waals surface area contributed by atoms with Crippen LogP contribution in [-0.4, -0.2) is 85.5 Å². The van der Waals surface area contributed by atoms with E-state index in [0.29, 0.717) is 18.9 Å². The first-order chi connectivity index (χ1) is 16.5. The van der Waals surface area contributed by atoms with Crippen molar-refractivity contribution < 1.29 is 4.79 Å². The van der Waals surface area contributed by atoms with E-state index in [1.165, 1.54) is 17.5 Å². The quantitative estimate of drug-likeness (QED) is 0.381. The molecule has 0 spiro atoms. The first kappa shape index (κ1) is 25.5. The summed E-state index contributed by atoms with van der Waals surface area (Å²) < 4.78 is 0. The summed E-state index contributed by atoms with van der Waals surface area (Å²) >= 11 is 0. The fourth-order valence-electron chi connectivity index (χ4n) is 4.65. The molecule has 0 aromatic rings. The number of nitrogens with zero attached hydrogens (tertiary/aromatic N) is 4. The van der Waals surface area contributed by atoms with Crippen molar-refractivity contribution in [2.45, 2.75) is 26.2 Å². The Morgan fingerprint density at radius 1 is 1.26 bits per heavy atom. The molecule has 4 aliphatic rings. The number of aliphatic imine (C=N–C) groups is 1. The van der Waals surface area contributed by atoms with Gasteiger partial charge < -0.3 is 25.4 Å². The molecule has 0 aromatic carbocycles. The number of rotatable bonds is 4. The highest BCUT2D eigenvalue weighted by Crippen LogP contribution is 2.27. The molecule has 7 nitrogen and oxygen atoms in total. The van der Waals surface area contributed by atoms with E-state index < -0.39 is 0 Å². The molecule has 2 fully saturated rings. The van der Waals surface area contributed by atoms with Crippen molar-refractivity contribution in [2.75, 3.05) is 52.9 Å². The summed E-state index contributed by atoms with van der Waals surface area (Å²) in [4.78, 5) is 23.8. The van der Waals surface area contributed by atoms with Gasteiger partial charge >= 0.3 is 0 Å². The smallest absolute Gasteiger partial charge is 0.201 e. The Balaban J connectivity index is 0.00000103. The summed E-state index contributed by atoms with van der Waals surface area (Å²) in [6.07, 6.45) is 16.4. The van der Waals surface area contributed by atoms with Crippen molar-refractivity contribution in [1.29, 1.82) is 5.41 Å². The Hall–Kier alpha value is -3.15. The van der Waals surface area contributed by atoms with Gasteiger partial charge in [0.1, 0.15) is 0 Å². The second kappa shape index (κ2) is 12.9. The van der Waals surface area contributed by atoms with E-state index in [2.05, 4.69) is 51.7 Å². The highest BCUT2D eigenvalue weighted by Gasteiger charge is 2.28. The maximum atomic E-state index is 12.2. The van der Waals surface area contributed by atoms with Gasteiger partial charge in [-0.3, -0.25) is 4.79 Å². The fourth-order valence-corrected chi connectivity index (χ4v) is 4.65. The van der Waals surface area contributed by atoms with Gasteiger partial charge in [0, 0.05) is 64.7 Å². The highest BCUT2D eigenvalue weighted by molar-refractivity contribution is 5.97. The number of hydrogen-bond donors (Lipinski definition) is 2. The van der Waals surface area contributed by atoms with Gasteiger partial charge in [-0.1, -0.05) is 24.0 Å². The number of piperazine rings is 1. The maximum Gasteiger partial charge on any atom is 0.201 e. The van der Waals surface area contributed by atoms with Crippen molar-refractivity contribution >= 4 is 18.0 Å². The van der Waals surface area contributed by atoms with E-state index in [0.717, 1.165) is 63.8 Å². The molecule has 4 rings (SSSR count). The third kappa shape index (κ3) is 6.92. The standard InChI is InChI=1S/C25H33N5O.C2H5N/c1-3-6-22-17-24(31)19-28(2)25(27-22)30-14-5-8-21(18-30)20-7-4-9-23(11-10-20)29-15-12-26-13-16-29;1-2-3/h3-4,7,10-11,17,21,26H,1,5-6,8,12-16,18-19H2,2H3;2-3H,1H3. The molecule has 0 amide bonds. The van der Waals surface area contributed by atoms with Crippen molar-refractivity contribution in [3.63, 3.8) is 0 Å². The van der Waals surface area contributed by atoms with Crippen LogP contribution < -0.4 is 5.32 Å². The zero-order chi connectivity index (χ0) is 24.3. The van der Waals surface area contributed by atoms with Crippen molar-refractivity contribution in [2.24, 2.45) is 10.9 Å². The van der Waals surface area contributed by atoms with Gasteiger partial charge in [-0.25, -0.2) is 4.99 Å². The summed E-state index contributed by atoms with van der Waals surface area (Å²) in [7, 11) is 1.96. The largest absolute Gasteiger partial charge is 0.363 e. The number of piperidine rings is 1. The molecular weight excluding hydrogens is 424 g/mol. The average molecular weight is 463 g/mol. The van der Waals surface area contributed by atoms with Crippen molar-refractivity contribution in [3.8, 4) is 0 Å². The molecule has 1 atom stereocenters. The monoisotopic (exact) mass is 462 g/mol. The number of guanidine groups is 1. The first-order valence-electron chi connectivity index (χ1n) is 12.2. The van der Waals surface area contributed by atoms with Crippen LogP contribution in [0.5, 0.6) is 0 Å². The summed E-state index contributed by atoms with van der Waals surface area (Å²) in [6.45, 7) is 11.8. The van der Waals surface area contributed by atoms with Crippen LogP contribution in [-0.2, 0) is 4.79 Å². The van der Waals surface area contributed by atoms with E-state index in [1.807, 2.05) is 11.9 Å². The summed E-state index contributed by atoms with van der Waals surface area (Å²) in [5.74, 6) is 1.43. The third-order valence-electron chi connectivity index (χ3n) is 6.23. The second-order valence-electron chi connectivity index (χ2n) is 8.87. The van der Waals surface area contributed by atoms with E-state index in [1.54, 1.807) is 19.1 Å². The number of allylic oxidation sites excluding steroid dienone is 4. The van der Waals surface area contributed by atoms with Gasteiger partial charge in [0.15, 0.2) is 5.78 Å². The van der Waals surface area contributed by atoms with Gasteiger partial charge in [0.25, 0.3) is 0 Å². The van der Waals surface area contributed by atoms with Gasteiger partial charge in [-0.2, -0.15) is 0 Å². The number of carbonyl (C=O) groups excluding carboxylic acids is 1. The van der Waals surface area contributed by atoms with Crippen LogP contribution in [0.4, 0.5) is 0 Å². The van der Waals surface area contributed by atoms with Crippen LogP contribution in [0.25, 0.3) is 0 Å². The minimum absolute atomic E-state index is 0.0951. The van der Waals surface area contributed by atoms with E-state index >= 15 is 0 Å². The van der Waals surface area contributed by atoms with Crippen LogP contribution >= 0.6 is 0 Å². The van der Waals surface area contributed by atoms with Gasteiger partial charge in [0.05, 0.1) is 17.9 Å². The van der Waals surface area contributed by atoms with E-state index in [-0.39, 0.29) is 5.78 Å². The van der Waals surface area contributed by atoms with Gasteiger partial charge in [0.2, 0.25) is 5.96 Å². The fraction of sp³-hybridized carbons (Fsp3) is 0.481. The molecule has 2 N–H and O–H groups in total. The van der Waals surface area contributed by atoms with E-state index in [4.69, 9.17) is 10.4 Å². The zero-order valence-electron chi connectivity index (χ0n) is 20.6. The lowest BCUT2D eigenvalue weighted by Crippen LogP contribution is -2.48. The maximum absolute atomic E-state index is 12.2. The van der Waals surface area contributed by atoms with Crippen molar-refractivity contribution in [3.05, 3.63) is 65.7 Å². The molecule has 3 aliphatic heterocycles. The molecule has 0 radical (unpaired) electrons. The predicted octanol–water partition coefficient (Wildman–Crippen LogP) is 3.13. The minimum atomic E-state index is 0.0951. The molecule has 1 aliphatic carbocycles. The minimum Gasteiger partial charge on any atom is -0.363 e. The Labute approximate surface area is 204 Å². The van der Waals surface area contributed by atoms with Crippen LogP contribution in [0.3, 0.4) is 0 Å². The Morgan fingerprint density at radius 2 is 2.03 bits per heavy atom. The van der Waals surface area contributed by atoms with Crippen LogP contribution in [0, 0.1) is 11.3 Å². The molecule has 0 saturated carbocycles. The Bertz CT molecular complexity index is 944. The lowest BCUT2D eigenvalue weighted by molar-refractivity contribution is -0.114. The molecule has 2 saturated heterocycles. The molecule has 0 bridgehead atoms. The summed E-state index contributed by atoms with van der Waals surface area (Å²) in [5.41, 5.74) is 6.77. The number of carbonyl (C=O) groups is 1. The molecule has 182 valence electrons. The van der Waals surface area contributed by atoms with Crippen LogP contribution in [0.1, 0.15) is 26.2 Å². The molecule has 7 heteroatoms. The predicted molar refractivity (Wildman–Crippen MR) is 140 cm³/mol. The molecule has 1 unspecified atom stereocenters. The average Bonchev–Trinajstić information content (AvgIpc) is 3.17. The number of hydrogen-bond acceptors (Lipinski definition) is 7. The molecule has 0 aromatic heterocycles. The first-order valence-corrected chi connectivity index (χ1v) is 12.2. The van der Waals surface area contributed by atoms with Crippen molar-refractivity contribution in [1.82, 2.24) is 20.0 Å². The SMILES string of the molecule is C=CCC1=CC(=O)CN(C)C(N2CCCC(C3=CC=C=C(N4CCNCC4)C=C3)C2)=N1.CC=N. The lowest BCUT2D eigenvalue weighted by Gasteiger charge is -2.38. The van der Waals surface area contributed by atoms with Gasteiger partial charge in [-0.15, -0.1) is 6.58 Å². The molecular formula is C27H38N6O. The van der Waals surface area contributed by atoms with Gasteiger partial charge in [-0.05, 0) is 43.7 Å². The number of ketones is 1. The Kier molecular flexibility index (Phi) is 9.68. The number of likely N-dealkylation sites (tertiary alicyclic amines) is 1. The lowest BCUT2D eigenvalue weighted by atomic mass is 9.90. The zero-order valence-corrected chi connectivity index (χ0v) is 20.6. The molecule has 34 heavy (non-hydrogen) atoms. The van der Waals surface area contributed by atoms with Crippen LogP contribution in [0.15, 0.2) is 70.7 Å². The summed E-state index contributed by atoms with van der Waals surface area (Å²) in [6, 6.07) is 0. The normalized spacial score (nSPS) is 22.9. The topological polar surface area (TPSA) is 75.0 Å². The third-order valence-corrected chi connectivity index (χ3v) is 6.23. The van der Waals surface area contributed by atoms with E-state index in [9.17, 15) is 4.79 Å². The number of likely N-dealkylation sites (N-methyl/N-ethyl adjacent to an activating group) is 1. The Morgan fingerprint density at radius 3 is 2.76 bits per heavy atom. The highest BCUT2D eigenvalue weighted by atomic mass is 16.1.